The molecular formula is C91H165O25P. The number of ether oxygens (including phenoxy) is 8. The van der Waals surface area contributed by atoms with Crippen molar-refractivity contribution in [1.29, 1.82) is 0 Å². The summed E-state index contributed by atoms with van der Waals surface area (Å²) in [6.07, 6.45) is 31.3. The van der Waals surface area contributed by atoms with Crippen LogP contribution in [0, 0.1) is 0 Å². The molecule has 10 N–H and O–H groups in total. The second-order valence-electron chi connectivity index (χ2n) is 33.2. The standard InChI is InChI=1S/C91H165O25P/c1-5-9-13-17-21-25-29-33-36-40-43-47-51-55-59-63-74(93)107-68-71(110-76(95)65-61-57-53-49-46-42-38-35-31-27-23-19-15-11-7-3)69-109-117(105,106)116-89-87(114-90-84(103)80(99)78(97)72(67-92)111-90)83(102)82(101)86(113-77(96)66-62-58-54-50-45-39-32-28-24-20-16-12-8-4)88(89)115-91-85(104)81(100)79(98)73(112-91)70-108-75(94)64-60-56-52-48-44-41-37-34-30-26-22-18-14-10-6-2/h25-27,29-31,71-73,78-92,97-104H,5-24,28,32-70H2,1-4H3,(H,105,106)/b29-25-,30-26-,31-27-. The summed E-state index contributed by atoms with van der Waals surface area (Å²) in [7, 11) is -5.81. The predicted molar refractivity (Wildman–Crippen MR) is 453 cm³/mol. The topological polar surface area (TPSA) is 380 Å². The molecule has 0 bridgehead atoms. The number of hydrogen-bond donors (Lipinski definition) is 10. The highest BCUT2D eigenvalue weighted by atomic mass is 31.2. The first-order chi connectivity index (χ1) is 56.7. The van der Waals surface area contributed by atoms with Crippen molar-refractivity contribution in [3.05, 3.63) is 36.5 Å². The number of hydrogen-bond acceptors (Lipinski definition) is 24. The molecule has 3 aliphatic rings. The van der Waals surface area contributed by atoms with Crippen molar-refractivity contribution in [3.8, 4) is 0 Å². The maximum atomic E-state index is 14.9. The van der Waals surface area contributed by atoms with Crippen LogP contribution in [0.2, 0.25) is 0 Å². The van der Waals surface area contributed by atoms with Gasteiger partial charge in [0.05, 0.1) is 13.2 Å². The summed E-state index contributed by atoms with van der Waals surface area (Å²) < 4.78 is 73.4. The summed E-state index contributed by atoms with van der Waals surface area (Å²) in [5, 5.41) is 102. The maximum Gasteiger partial charge on any atom is 0.472 e. The van der Waals surface area contributed by atoms with Crippen molar-refractivity contribution in [2.75, 3.05) is 26.4 Å². The second kappa shape index (κ2) is 70.0. The van der Waals surface area contributed by atoms with Crippen molar-refractivity contribution in [1.82, 2.24) is 0 Å². The van der Waals surface area contributed by atoms with E-state index >= 15 is 0 Å². The first kappa shape index (κ1) is 108. The lowest BCUT2D eigenvalue weighted by molar-refractivity contribution is -0.360. The molecule has 26 heteroatoms. The fourth-order valence-electron chi connectivity index (χ4n) is 15.1. The first-order valence-corrected chi connectivity index (χ1v) is 48.2. The Morgan fingerprint density at radius 2 is 0.641 bits per heavy atom. The minimum atomic E-state index is -5.81. The molecule has 1 aliphatic carbocycles. The van der Waals surface area contributed by atoms with Crippen LogP contribution in [0.3, 0.4) is 0 Å². The molecule has 1 saturated carbocycles. The Morgan fingerprint density at radius 3 is 1.03 bits per heavy atom. The van der Waals surface area contributed by atoms with Gasteiger partial charge in [-0.25, -0.2) is 4.57 Å². The molecule has 18 unspecified atom stereocenters. The van der Waals surface area contributed by atoms with Crippen molar-refractivity contribution in [2.24, 2.45) is 0 Å². The normalized spacial score (nSPS) is 25.2. The maximum absolute atomic E-state index is 14.9. The molecule has 2 heterocycles. The summed E-state index contributed by atoms with van der Waals surface area (Å²) in [6, 6.07) is 0. The highest BCUT2D eigenvalue weighted by molar-refractivity contribution is 7.47. The number of aliphatic hydroxyl groups excluding tert-OH is 9. The molecule has 0 aromatic heterocycles. The highest BCUT2D eigenvalue weighted by Crippen LogP contribution is 2.49. The van der Waals surface area contributed by atoms with E-state index in [0.29, 0.717) is 38.5 Å². The number of aliphatic hydroxyl groups is 9. The van der Waals surface area contributed by atoms with E-state index in [9.17, 15) is 74.6 Å². The number of allylic oxidation sites excluding steroid dienone is 6. The fraction of sp³-hybridized carbons (Fsp3) is 0.890. The van der Waals surface area contributed by atoms with E-state index in [1.807, 2.05) is 0 Å². The summed E-state index contributed by atoms with van der Waals surface area (Å²) in [5.41, 5.74) is 0. The number of unbranched alkanes of at least 4 members (excludes halogenated alkanes) is 45. The van der Waals surface area contributed by atoms with Crippen LogP contribution in [0.25, 0.3) is 0 Å². The van der Waals surface area contributed by atoms with E-state index in [2.05, 4.69) is 64.2 Å². The van der Waals surface area contributed by atoms with Gasteiger partial charge in [-0.15, -0.1) is 0 Å². The molecule has 2 saturated heterocycles. The monoisotopic (exact) mass is 1690 g/mol. The van der Waals surface area contributed by atoms with E-state index in [4.69, 9.17) is 46.9 Å². The van der Waals surface area contributed by atoms with Gasteiger partial charge in [-0.2, -0.15) is 0 Å². The Kier molecular flexibility index (Phi) is 64.6. The van der Waals surface area contributed by atoms with Gasteiger partial charge in [-0.05, 0) is 103 Å². The smallest absolute Gasteiger partial charge is 0.463 e. The molecule has 0 aromatic rings. The van der Waals surface area contributed by atoms with E-state index in [1.54, 1.807) is 0 Å². The second-order valence-corrected chi connectivity index (χ2v) is 34.6. The largest absolute Gasteiger partial charge is 0.472 e. The first-order valence-electron chi connectivity index (χ1n) is 46.7. The van der Waals surface area contributed by atoms with Crippen LogP contribution in [0.1, 0.15) is 387 Å². The van der Waals surface area contributed by atoms with E-state index in [-0.39, 0.29) is 25.7 Å². The molecule has 117 heavy (non-hydrogen) atoms. The van der Waals surface area contributed by atoms with Gasteiger partial charge in [0, 0.05) is 25.7 Å². The number of rotatable bonds is 75. The van der Waals surface area contributed by atoms with Crippen molar-refractivity contribution in [2.45, 2.75) is 491 Å². The van der Waals surface area contributed by atoms with Crippen molar-refractivity contribution < 1.29 is 122 Å². The molecule has 25 nitrogen and oxygen atoms in total. The molecule has 0 spiro atoms. The zero-order valence-electron chi connectivity index (χ0n) is 72.7. The summed E-state index contributed by atoms with van der Waals surface area (Å²) >= 11 is 0. The van der Waals surface area contributed by atoms with E-state index in [1.165, 1.54) is 116 Å². The number of carbonyl (C=O) groups is 4. The summed E-state index contributed by atoms with van der Waals surface area (Å²) in [6.45, 7) is 5.54. The summed E-state index contributed by atoms with van der Waals surface area (Å²) in [5.74, 6) is -2.98. The Labute approximate surface area is 704 Å². The molecule has 0 radical (unpaired) electrons. The van der Waals surface area contributed by atoms with Crippen LogP contribution in [0.5, 0.6) is 0 Å². The van der Waals surface area contributed by atoms with Crippen LogP contribution < -0.4 is 0 Å². The van der Waals surface area contributed by atoms with Gasteiger partial charge in [-0.1, -0.05) is 295 Å². The third kappa shape index (κ3) is 50.3. The Balaban J connectivity index is 1.92. The Morgan fingerprint density at radius 1 is 0.333 bits per heavy atom. The van der Waals surface area contributed by atoms with Gasteiger partial charge in [0.15, 0.2) is 24.8 Å². The minimum absolute atomic E-state index is 0.00859. The number of phosphoric acid groups is 1. The zero-order chi connectivity index (χ0) is 85.4. The quantitative estimate of drug-likeness (QED) is 0.00889. The highest BCUT2D eigenvalue weighted by Gasteiger charge is 2.60. The van der Waals surface area contributed by atoms with E-state index in [0.717, 1.165) is 180 Å². The van der Waals surface area contributed by atoms with Crippen LogP contribution in [0.4, 0.5) is 0 Å². The van der Waals surface area contributed by atoms with Gasteiger partial charge in [0.25, 0.3) is 0 Å². The molecule has 3 fully saturated rings. The SMILES string of the molecule is CCCCCC/C=C\CCCCCCCCCC(=O)OCC(COP(=O)(O)OC1C(OC2OC(CO)C(O)C(O)C2O)C(O)C(O)C(OC(=O)CCCCCCCCCCCCCCC)C1OC1OC(COC(=O)CCCCCCCCC/C=C\CCCCCC)C(O)C(O)C1O)OC(=O)CCCCCCCCC/C=C\CCCCCC. The summed E-state index contributed by atoms with van der Waals surface area (Å²) in [4.78, 5) is 66.4. The van der Waals surface area contributed by atoms with Crippen molar-refractivity contribution in [3.63, 3.8) is 0 Å². The fourth-order valence-corrected chi connectivity index (χ4v) is 16.1. The molecule has 0 aromatic carbocycles. The van der Waals surface area contributed by atoms with Gasteiger partial charge in [-0.3, -0.25) is 28.2 Å². The molecule has 0 amide bonds. The molecule has 684 valence electrons. The van der Waals surface area contributed by atoms with Crippen LogP contribution in [-0.4, -0.2) is 205 Å². The zero-order valence-corrected chi connectivity index (χ0v) is 73.6. The van der Waals surface area contributed by atoms with Gasteiger partial charge in [0.1, 0.15) is 92.6 Å². The van der Waals surface area contributed by atoms with Crippen LogP contribution in [0.15, 0.2) is 36.5 Å². The number of esters is 4. The average molecular weight is 1690 g/mol. The van der Waals surface area contributed by atoms with Gasteiger partial charge in [0.2, 0.25) is 0 Å². The Hall–Kier alpha value is -3.31. The molecule has 3 rings (SSSR count). The van der Waals surface area contributed by atoms with Crippen molar-refractivity contribution >= 4 is 31.7 Å². The Bertz CT molecular complexity index is 2580. The minimum Gasteiger partial charge on any atom is -0.463 e. The molecule has 18 atom stereocenters. The third-order valence-electron chi connectivity index (χ3n) is 22.6. The van der Waals surface area contributed by atoms with Crippen LogP contribution in [-0.2, 0) is 70.7 Å². The van der Waals surface area contributed by atoms with E-state index < -0.39 is 162 Å². The third-order valence-corrected chi connectivity index (χ3v) is 23.6. The molecule has 2 aliphatic heterocycles. The van der Waals surface area contributed by atoms with Gasteiger partial charge < -0.3 is 88.7 Å². The lowest BCUT2D eigenvalue weighted by atomic mass is 9.84. The number of carbonyl (C=O) groups excluding carboxylic acids is 4. The molecular weight excluding hydrogens is 1520 g/mol. The lowest BCUT2D eigenvalue weighted by Gasteiger charge is -2.50. The number of phosphoric ester groups is 1. The predicted octanol–water partition coefficient (Wildman–Crippen LogP) is 17.1. The van der Waals surface area contributed by atoms with Gasteiger partial charge >= 0.3 is 31.7 Å². The lowest BCUT2D eigenvalue weighted by Crippen LogP contribution is -2.70. The van der Waals surface area contributed by atoms with Crippen LogP contribution >= 0.6 is 7.82 Å². The average Bonchev–Trinajstić information content (AvgIpc) is 0.755.